The standard InChI is InChI=1S/C14H17ClO2/c1-9-7-12(10(2)5-6-16)14(13(15)8-9)17-11-3-4-11/h6-8,10-11H,3-5H2,1-2H3. The summed E-state index contributed by atoms with van der Waals surface area (Å²) >= 11 is 6.24. The van der Waals surface area contributed by atoms with E-state index in [2.05, 4.69) is 6.07 Å². The molecule has 1 fully saturated rings. The Labute approximate surface area is 107 Å². The van der Waals surface area contributed by atoms with Gasteiger partial charge in [0.25, 0.3) is 0 Å². The van der Waals surface area contributed by atoms with E-state index in [0.717, 1.165) is 36.0 Å². The number of aryl methyl sites for hydroxylation is 1. The molecule has 1 aliphatic carbocycles. The number of ether oxygens (including phenoxy) is 1. The van der Waals surface area contributed by atoms with Crippen molar-refractivity contribution in [1.29, 1.82) is 0 Å². The van der Waals surface area contributed by atoms with Crippen LogP contribution in [0.4, 0.5) is 0 Å². The van der Waals surface area contributed by atoms with Crippen LogP contribution in [-0.4, -0.2) is 12.4 Å². The van der Waals surface area contributed by atoms with Gasteiger partial charge in [0.2, 0.25) is 0 Å². The number of hydrogen-bond acceptors (Lipinski definition) is 2. The molecular formula is C14H17ClO2. The van der Waals surface area contributed by atoms with E-state index < -0.39 is 0 Å². The van der Waals surface area contributed by atoms with Crippen molar-refractivity contribution in [1.82, 2.24) is 0 Å². The molecule has 2 nitrogen and oxygen atoms in total. The molecule has 0 amide bonds. The molecule has 0 saturated heterocycles. The van der Waals surface area contributed by atoms with Crippen LogP contribution in [-0.2, 0) is 4.79 Å². The largest absolute Gasteiger partial charge is 0.489 e. The first kappa shape index (κ1) is 12.4. The zero-order valence-electron chi connectivity index (χ0n) is 10.2. The highest BCUT2D eigenvalue weighted by molar-refractivity contribution is 6.32. The number of carbonyl (C=O) groups is 1. The van der Waals surface area contributed by atoms with E-state index in [1.165, 1.54) is 0 Å². The van der Waals surface area contributed by atoms with Gasteiger partial charge in [-0.25, -0.2) is 0 Å². The van der Waals surface area contributed by atoms with Gasteiger partial charge in [-0.2, -0.15) is 0 Å². The summed E-state index contributed by atoms with van der Waals surface area (Å²) in [6.07, 6.45) is 3.97. The third kappa shape index (κ3) is 3.01. The van der Waals surface area contributed by atoms with Crippen molar-refractivity contribution in [3.63, 3.8) is 0 Å². The minimum atomic E-state index is 0.152. The summed E-state index contributed by atoms with van der Waals surface area (Å²) in [4.78, 5) is 10.6. The molecular weight excluding hydrogens is 236 g/mol. The normalized spacial score (nSPS) is 16.6. The molecule has 0 radical (unpaired) electrons. The Bertz CT molecular complexity index is 424. The summed E-state index contributed by atoms with van der Waals surface area (Å²) in [7, 11) is 0. The third-order valence-corrected chi connectivity index (χ3v) is 3.29. The van der Waals surface area contributed by atoms with E-state index in [9.17, 15) is 4.79 Å². The van der Waals surface area contributed by atoms with Gasteiger partial charge >= 0.3 is 0 Å². The summed E-state index contributed by atoms with van der Waals surface area (Å²) in [5, 5.41) is 0.657. The van der Waals surface area contributed by atoms with Crippen molar-refractivity contribution in [2.75, 3.05) is 0 Å². The van der Waals surface area contributed by atoms with Crippen LogP contribution in [0.2, 0.25) is 5.02 Å². The second kappa shape index (κ2) is 5.09. The van der Waals surface area contributed by atoms with Crippen LogP contribution in [0.25, 0.3) is 0 Å². The molecule has 0 N–H and O–H groups in total. The maximum atomic E-state index is 10.6. The van der Waals surface area contributed by atoms with Crippen LogP contribution < -0.4 is 4.74 Å². The van der Waals surface area contributed by atoms with Gasteiger partial charge in [0.05, 0.1) is 11.1 Å². The maximum Gasteiger partial charge on any atom is 0.141 e. The smallest absolute Gasteiger partial charge is 0.141 e. The van der Waals surface area contributed by atoms with E-state index in [-0.39, 0.29) is 5.92 Å². The van der Waals surface area contributed by atoms with Crippen LogP contribution in [0.3, 0.4) is 0 Å². The Morgan fingerprint density at radius 3 is 2.82 bits per heavy atom. The SMILES string of the molecule is Cc1cc(Cl)c(OC2CC2)c(C(C)CC=O)c1. The number of benzene rings is 1. The molecule has 3 heteroatoms. The van der Waals surface area contributed by atoms with Crippen molar-refractivity contribution < 1.29 is 9.53 Å². The molecule has 17 heavy (non-hydrogen) atoms. The maximum absolute atomic E-state index is 10.6. The minimum Gasteiger partial charge on any atom is -0.489 e. The monoisotopic (exact) mass is 252 g/mol. The number of halogens is 1. The molecule has 1 aromatic carbocycles. The number of hydrogen-bond donors (Lipinski definition) is 0. The molecule has 0 aromatic heterocycles. The predicted octanol–water partition coefficient (Wildman–Crippen LogP) is 3.88. The van der Waals surface area contributed by atoms with E-state index in [0.29, 0.717) is 17.5 Å². The van der Waals surface area contributed by atoms with Gasteiger partial charge < -0.3 is 9.53 Å². The van der Waals surface area contributed by atoms with Crippen LogP contribution >= 0.6 is 11.6 Å². The van der Waals surface area contributed by atoms with Crippen LogP contribution in [0, 0.1) is 6.92 Å². The van der Waals surface area contributed by atoms with Gasteiger partial charge in [0.1, 0.15) is 12.0 Å². The number of carbonyl (C=O) groups excluding carboxylic acids is 1. The van der Waals surface area contributed by atoms with Crippen molar-refractivity contribution >= 4 is 17.9 Å². The van der Waals surface area contributed by atoms with Gasteiger partial charge in [-0.3, -0.25) is 0 Å². The van der Waals surface area contributed by atoms with E-state index >= 15 is 0 Å². The Kier molecular flexibility index (Phi) is 3.72. The molecule has 1 unspecified atom stereocenters. The first-order valence-corrected chi connectivity index (χ1v) is 6.40. The molecule has 1 aromatic rings. The van der Waals surface area contributed by atoms with Gasteiger partial charge in [-0.1, -0.05) is 24.6 Å². The molecule has 0 spiro atoms. The summed E-state index contributed by atoms with van der Waals surface area (Å²) in [6, 6.07) is 3.98. The van der Waals surface area contributed by atoms with Crippen LogP contribution in [0.1, 0.15) is 43.2 Å². The first-order chi connectivity index (χ1) is 8.11. The average Bonchev–Trinajstić information content (AvgIpc) is 3.05. The summed E-state index contributed by atoms with van der Waals surface area (Å²) in [5.74, 6) is 0.924. The summed E-state index contributed by atoms with van der Waals surface area (Å²) in [6.45, 7) is 4.03. The van der Waals surface area contributed by atoms with Crippen molar-refractivity contribution in [3.05, 3.63) is 28.3 Å². The average molecular weight is 253 g/mol. The second-order valence-electron chi connectivity index (χ2n) is 4.79. The van der Waals surface area contributed by atoms with Gasteiger partial charge in [-0.05, 0) is 42.9 Å². The Morgan fingerprint density at radius 1 is 1.53 bits per heavy atom. The molecule has 1 atom stereocenters. The van der Waals surface area contributed by atoms with E-state index in [1.54, 1.807) is 0 Å². The fraction of sp³-hybridized carbons (Fsp3) is 0.500. The molecule has 2 rings (SSSR count). The quantitative estimate of drug-likeness (QED) is 0.744. The third-order valence-electron chi connectivity index (χ3n) is 3.01. The highest BCUT2D eigenvalue weighted by Crippen LogP contribution is 2.39. The first-order valence-electron chi connectivity index (χ1n) is 6.02. The minimum absolute atomic E-state index is 0.152. The van der Waals surface area contributed by atoms with Crippen LogP contribution in [0.15, 0.2) is 12.1 Å². The predicted molar refractivity (Wildman–Crippen MR) is 68.9 cm³/mol. The molecule has 92 valence electrons. The molecule has 0 aliphatic heterocycles. The zero-order chi connectivity index (χ0) is 12.4. The fourth-order valence-electron chi connectivity index (χ4n) is 1.87. The van der Waals surface area contributed by atoms with Gasteiger partial charge in [0.15, 0.2) is 0 Å². The lowest BCUT2D eigenvalue weighted by atomic mass is 9.96. The molecule has 0 heterocycles. The zero-order valence-corrected chi connectivity index (χ0v) is 11.0. The van der Waals surface area contributed by atoms with Crippen LogP contribution in [0.5, 0.6) is 5.75 Å². The molecule has 1 aliphatic rings. The van der Waals surface area contributed by atoms with E-state index in [4.69, 9.17) is 16.3 Å². The highest BCUT2D eigenvalue weighted by atomic mass is 35.5. The molecule has 1 saturated carbocycles. The van der Waals surface area contributed by atoms with Crippen molar-refractivity contribution in [3.8, 4) is 5.75 Å². The van der Waals surface area contributed by atoms with Gasteiger partial charge in [0, 0.05) is 6.42 Å². The van der Waals surface area contributed by atoms with Gasteiger partial charge in [-0.15, -0.1) is 0 Å². The number of rotatable bonds is 5. The van der Waals surface area contributed by atoms with Crippen molar-refractivity contribution in [2.24, 2.45) is 0 Å². The lowest BCUT2D eigenvalue weighted by Gasteiger charge is -2.17. The fourth-order valence-corrected chi connectivity index (χ4v) is 2.20. The second-order valence-corrected chi connectivity index (χ2v) is 5.19. The van der Waals surface area contributed by atoms with Crippen molar-refractivity contribution in [2.45, 2.75) is 45.1 Å². The Morgan fingerprint density at radius 2 is 2.24 bits per heavy atom. The Balaban J connectivity index is 2.34. The molecule has 0 bridgehead atoms. The van der Waals surface area contributed by atoms with E-state index in [1.807, 2.05) is 19.9 Å². The topological polar surface area (TPSA) is 26.3 Å². The highest BCUT2D eigenvalue weighted by Gasteiger charge is 2.26. The lowest BCUT2D eigenvalue weighted by Crippen LogP contribution is -2.04. The number of aldehydes is 1. The summed E-state index contributed by atoms with van der Waals surface area (Å²) < 4.78 is 5.86. The summed E-state index contributed by atoms with van der Waals surface area (Å²) in [5.41, 5.74) is 2.15. The lowest BCUT2D eigenvalue weighted by molar-refractivity contribution is -0.108. The Hall–Kier alpha value is -1.02.